The second-order valence-corrected chi connectivity index (χ2v) is 7.22. The van der Waals surface area contributed by atoms with E-state index < -0.39 is 0 Å². The van der Waals surface area contributed by atoms with Gasteiger partial charge in [0.25, 0.3) is 0 Å². The van der Waals surface area contributed by atoms with Crippen LogP contribution in [-0.4, -0.2) is 25.7 Å². The van der Waals surface area contributed by atoms with Crippen LogP contribution in [0.4, 0.5) is 5.69 Å². The van der Waals surface area contributed by atoms with Crippen LogP contribution < -0.4 is 10.2 Å². The zero-order chi connectivity index (χ0) is 13.3. The quantitative estimate of drug-likeness (QED) is 0.853. The minimum absolute atomic E-state index is 0.305. The molecule has 2 rings (SSSR count). The van der Waals surface area contributed by atoms with E-state index in [9.17, 15) is 0 Å². The molecule has 1 heterocycles. The maximum atomic E-state index is 3.63. The maximum Gasteiger partial charge on any atom is 0.0381 e. The van der Waals surface area contributed by atoms with Crippen molar-refractivity contribution in [2.24, 2.45) is 5.41 Å². The SMILES string of the molecule is Cc1cc(Br)cc(N2CCNC(C(C)(C)C)C2)c1. The molecule has 100 valence electrons. The molecule has 0 spiro atoms. The van der Waals surface area contributed by atoms with E-state index >= 15 is 0 Å². The van der Waals surface area contributed by atoms with Crippen molar-refractivity contribution in [2.45, 2.75) is 33.7 Å². The number of halogens is 1. The average Bonchev–Trinajstić information content (AvgIpc) is 2.27. The molecule has 1 saturated heterocycles. The standard InChI is InChI=1S/C15H23BrN2/c1-11-7-12(16)9-13(8-11)18-6-5-17-14(10-18)15(2,3)4/h7-9,14,17H,5-6,10H2,1-4H3. The number of anilines is 1. The molecule has 2 nitrogen and oxygen atoms in total. The molecule has 0 aromatic heterocycles. The third-order valence-corrected chi connectivity index (χ3v) is 4.07. The van der Waals surface area contributed by atoms with Crippen molar-refractivity contribution in [3.63, 3.8) is 0 Å². The van der Waals surface area contributed by atoms with Gasteiger partial charge in [0.2, 0.25) is 0 Å². The van der Waals surface area contributed by atoms with Crippen LogP contribution in [0.25, 0.3) is 0 Å². The van der Waals surface area contributed by atoms with Crippen LogP contribution in [-0.2, 0) is 0 Å². The first-order valence-corrected chi connectivity index (χ1v) is 7.41. The first-order chi connectivity index (χ1) is 8.36. The van der Waals surface area contributed by atoms with E-state index in [1.54, 1.807) is 0 Å². The fraction of sp³-hybridized carbons (Fsp3) is 0.600. The summed E-state index contributed by atoms with van der Waals surface area (Å²) in [5.74, 6) is 0. The monoisotopic (exact) mass is 310 g/mol. The Bertz CT molecular complexity index is 403. The van der Waals surface area contributed by atoms with Crippen LogP contribution in [0.15, 0.2) is 22.7 Å². The zero-order valence-electron chi connectivity index (χ0n) is 11.8. The van der Waals surface area contributed by atoms with E-state index in [1.807, 2.05) is 0 Å². The van der Waals surface area contributed by atoms with E-state index in [4.69, 9.17) is 0 Å². The van der Waals surface area contributed by atoms with Crippen molar-refractivity contribution in [2.75, 3.05) is 24.5 Å². The van der Waals surface area contributed by atoms with E-state index in [-0.39, 0.29) is 0 Å². The van der Waals surface area contributed by atoms with Gasteiger partial charge in [-0.2, -0.15) is 0 Å². The molecule has 0 aliphatic carbocycles. The summed E-state index contributed by atoms with van der Waals surface area (Å²) in [5.41, 5.74) is 2.95. The normalized spacial score (nSPS) is 21.2. The Labute approximate surface area is 119 Å². The van der Waals surface area contributed by atoms with Gasteiger partial charge in [0.1, 0.15) is 0 Å². The topological polar surface area (TPSA) is 15.3 Å². The number of benzene rings is 1. The van der Waals surface area contributed by atoms with Crippen LogP contribution in [0.1, 0.15) is 26.3 Å². The minimum atomic E-state index is 0.305. The lowest BCUT2D eigenvalue weighted by atomic mass is 9.85. The fourth-order valence-corrected chi connectivity index (χ4v) is 3.06. The van der Waals surface area contributed by atoms with Crippen LogP contribution in [0.5, 0.6) is 0 Å². The molecule has 0 radical (unpaired) electrons. The van der Waals surface area contributed by atoms with E-state index in [2.05, 4.69) is 72.0 Å². The molecule has 1 fully saturated rings. The number of nitrogens with one attached hydrogen (secondary N) is 1. The Morgan fingerprint density at radius 3 is 2.61 bits per heavy atom. The lowest BCUT2D eigenvalue weighted by Crippen LogP contribution is -2.56. The van der Waals surface area contributed by atoms with E-state index in [0.29, 0.717) is 11.5 Å². The van der Waals surface area contributed by atoms with Gasteiger partial charge < -0.3 is 10.2 Å². The molecule has 0 bridgehead atoms. The summed E-state index contributed by atoms with van der Waals surface area (Å²) in [6.07, 6.45) is 0. The Hall–Kier alpha value is -0.540. The van der Waals surface area contributed by atoms with Crippen LogP contribution in [0.2, 0.25) is 0 Å². The van der Waals surface area contributed by atoms with Gasteiger partial charge in [0.15, 0.2) is 0 Å². The molecule has 1 aliphatic rings. The summed E-state index contributed by atoms with van der Waals surface area (Å²) in [5, 5.41) is 3.63. The zero-order valence-corrected chi connectivity index (χ0v) is 13.3. The summed E-state index contributed by atoms with van der Waals surface area (Å²) in [6, 6.07) is 7.20. The van der Waals surface area contributed by atoms with Crippen molar-refractivity contribution in [3.8, 4) is 0 Å². The van der Waals surface area contributed by atoms with Crippen LogP contribution in [0, 0.1) is 12.3 Å². The molecule has 1 aromatic carbocycles. The highest BCUT2D eigenvalue weighted by Gasteiger charge is 2.29. The maximum absolute atomic E-state index is 3.63. The number of piperazine rings is 1. The fourth-order valence-electron chi connectivity index (χ4n) is 2.46. The van der Waals surface area contributed by atoms with Gasteiger partial charge in [-0.05, 0) is 36.1 Å². The summed E-state index contributed by atoms with van der Waals surface area (Å²) in [4.78, 5) is 2.49. The highest BCUT2D eigenvalue weighted by Crippen LogP contribution is 2.27. The van der Waals surface area contributed by atoms with E-state index in [1.165, 1.54) is 15.7 Å². The van der Waals surface area contributed by atoms with Gasteiger partial charge >= 0.3 is 0 Å². The highest BCUT2D eigenvalue weighted by molar-refractivity contribution is 9.10. The molecule has 0 amide bonds. The summed E-state index contributed by atoms with van der Waals surface area (Å²) >= 11 is 3.59. The minimum Gasteiger partial charge on any atom is -0.369 e. The first kappa shape index (κ1) is 13.9. The third-order valence-electron chi connectivity index (χ3n) is 3.61. The number of hydrogen-bond acceptors (Lipinski definition) is 2. The molecule has 1 N–H and O–H groups in total. The van der Waals surface area contributed by atoms with E-state index in [0.717, 1.165) is 19.6 Å². The summed E-state index contributed by atoms with van der Waals surface area (Å²) < 4.78 is 1.17. The molecular formula is C15H23BrN2. The van der Waals surface area contributed by atoms with Crippen molar-refractivity contribution >= 4 is 21.6 Å². The van der Waals surface area contributed by atoms with Gasteiger partial charge in [-0.3, -0.25) is 0 Å². The largest absolute Gasteiger partial charge is 0.369 e. The molecule has 3 heteroatoms. The second kappa shape index (κ2) is 5.22. The van der Waals surface area contributed by atoms with Gasteiger partial charge in [-0.15, -0.1) is 0 Å². The number of aryl methyl sites for hydroxylation is 1. The van der Waals surface area contributed by atoms with Crippen LogP contribution in [0.3, 0.4) is 0 Å². The summed E-state index contributed by atoms with van der Waals surface area (Å²) in [6.45, 7) is 12.3. The average molecular weight is 311 g/mol. The highest BCUT2D eigenvalue weighted by atomic mass is 79.9. The van der Waals surface area contributed by atoms with Gasteiger partial charge in [0, 0.05) is 35.8 Å². The predicted octanol–water partition coefficient (Wildman–Crippen LogP) is 3.58. The van der Waals surface area contributed by atoms with Crippen molar-refractivity contribution in [3.05, 3.63) is 28.2 Å². The van der Waals surface area contributed by atoms with Crippen LogP contribution >= 0.6 is 15.9 Å². The molecule has 0 saturated carbocycles. The Balaban J connectivity index is 2.18. The molecule has 18 heavy (non-hydrogen) atoms. The van der Waals surface area contributed by atoms with Gasteiger partial charge in [0.05, 0.1) is 0 Å². The van der Waals surface area contributed by atoms with Crippen molar-refractivity contribution < 1.29 is 0 Å². The van der Waals surface area contributed by atoms with Gasteiger partial charge in [-0.1, -0.05) is 36.7 Å². The van der Waals surface area contributed by atoms with Crippen molar-refractivity contribution in [1.82, 2.24) is 5.32 Å². The first-order valence-electron chi connectivity index (χ1n) is 6.62. The Kier molecular flexibility index (Phi) is 4.02. The Morgan fingerprint density at radius 2 is 2.00 bits per heavy atom. The Morgan fingerprint density at radius 1 is 1.28 bits per heavy atom. The molecular weight excluding hydrogens is 288 g/mol. The smallest absolute Gasteiger partial charge is 0.0381 e. The molecule has 1 atom stereocenters. The lowest BCUT2D eigenvalue weighted by molar-refractivity contribution is 0.254. The van der Waals surface area contributed by atoms with Crippen molar-refractivity contribution in [1.29, 1.82) is 0 Å². The molecule has 1 aromatic rings. The lowest BCUT2D eigenvalue weighted by Gasteiger charge is -2.41. The number of nitrogens with zero attached hydrogens (tertiary/aromatic N) is 1. The van der Waals surface area contributed by atoms with Gasteiger partial charge in [-0.25, -0.2) is 0 Å². The predicted molar refractivity (Wildman–Crippen MR) is 82.3 cm³/mol. The molecule has 1 aliphatic heterocycles. The number of hydrogen-bond donors (Lipinski definition) is 1. The third kappa shape index (κ3) is 3.27. The second-order valence-electron chi connectivity index (χ2n) is 6.31. The number of rotatable bonds is 1. The molecule has 1 unspecified atom stereocenters. The summed E-state index contributed by atoms with van der Waals surface area (Å²) in [7, 11) is 0.